The summed E-state index contributed by atoms with van der Waals surface area (Å²) in [5, 5.41) is 1.14. The Morgan fingerprint density at radius 3 is 1.08 bits per heavy atom. The Bertz CT molecular complexity index is 3220. The van der Waals surface area contributed by atoms with E-state index < -0.39 is 0 Å². The van der Waals surface area contributed by atoms with Crippen LogP contribution in [0.15, 0.2) is 231 Å². The topological polar surface area (TPSA) is 25.8 Å². The average molecular weight is 795 g/mol. The summed E-state index contributed by atoms with van der Waals surface area (Å²) in [4.78, 5) is 10.8. The fourth-order valence-corrected chi connectivity index (χ4v) is 9.53. The molecule has 0 fully saturated rings. The van der Waals surface area contributed by atoms with E-state index in [9.17, 15) is 0 Å². The van der Waals surface area contributed by atoms with Crippen LogP contribution in [0, 0.1) is 0 Å². The van der Waals surface area contributed by atoms with E-state index in [0.717, 1.165) is 54.7 Å². The van der Waals surface area contributed by atoms with Crippen molar-refractivity contribution < 1.29 is 0 Å². The van der Waals surface area contributed by atoms with E-state index in [1.807, 2.05) is 0 Å². The zero-order valence-electron chi connectivity index (χ0n) is 33.2. The molecule has 0 saturated carbocycles. The van der Waals surface area contributed by atoms with Gasteiger partial charge in [-0.2, -0.15) is 0 Å². The summed E-state index contributed by atoms with van der Waals surface area (Å²) >= 11 is 1.76. The Labute approximate surface area is 359 Å². The number of fused-ring (bicyclic) bond motifs is 3. The van der Waals surface area contributed by atoms with Gasteiger partial charge in [-0.1, -0.05) is 176 Å². The molecular formula is C58H38N2S. The second-order valence-electron chi connectivity index (χ2n) is 15.4. The lowest BCUT2D eigenvalue weighted by atomic mass is 9.92. The fourth-order valence-electron chi connectivity index (χ4n) is 8.38. The van der Waals surface area contributed by atoms with Crippen molar-refractivity contribution in [1.82, 2.24) is 9.97 Å². The summed E-state index contributed by atoms with van der Waals surface area (Å²) in [6, 6.07) is 82.5. The number of rotatable bonds is 8. The molecule has 0 unspecified atom stereocenters. The third kappa shape index (κ3) is 7.22. The van der Waals surface area contributed by atoms with Crippen LogP contribution < -0.4 is 0 Å². The van der Waals surface area contributed by atoms with Gasteiger partial charge in [-0.05, 0) is 121 Å². The molecule has 0 bridgehead atoms. The van der Waals surface area contributed by atoms with Crippen molar-refractivity contribution in [3.8, 4) is 89.4 Å². The summed E-state index contributed by atoms with van der Waals surface area (Å²) in [6.07, 6.45) is 0. The minimum atomic E-state index is 0.707. The van der Waals surface area contributed by atoms with Crippen molar-refractivity contribution in [2.24, 2.45) is 0 Å². The Morgan fingerprint density at radius 1 is 0.262 bits per heavy atom. The Morgan fingerprint density at radius 2 is 0.607 bits per heavy atom. The Hall–Kier alpha value is -7.72. The van der Waals surface area contributed by atoms with Gasteiger partial charge in [0.2, 0.25) is 0 Å². The maximum absolute atomic E-state index is 5.47. The van der Waals surface area contributed by atoms with E-state index in [2.05, 4.69) is 231 Å². The maximum atomic E-state index is 5.47. The van der Waals surface area contributed by atoms with Gasteiger partial charge in [0.15, 0.2) is 5.82 Å². The molecule has 11 rings (SSSR count). The highest BCUT2D eigenvalue weighted by Gasteiger charge is 2.18. The molecule has 0 N–H and O–H groups in total. The second-order valence-corrected chi connectivity index (χ2v) is 16.4. The molecule has 0 radical (unpaired) electrons. The van der Waals surface area contributed by atoms with Gasteiger partial charge in [0, 0.05) is 21.2 Å². The van der Waals surface area contributed by atoms with Gasteiger partial charge in [0.05, 0.1) is 15.9 Å². The second kappa shape index (κ2) is 15.8. The van der Waals surface area contributed by atoms with Crippen LogP contribution in [-0.2, 0) is 0 Å². The molecule has 0 atom stereocenters. The first-order valence-electron chi connectivity index (χ1n) is 20.6. The van der Waals surface area contributed by atoms with Crippen LogP contribution in [0.5, 0.6) is 0 Å². The van der Waals surface area contributed by atoms with Crippen molar-refractivity contribution >= 4 is 31.6 Å². The summed E-state index contributed by atoms with van der Waals surface area (Å²) in [5.74, 6) is 0.707. The number of thiophene rings is 1. The van der Waals surface area contributed by atoms with Crippen molar-refractivity contribution in [2.75, 3.05) is 0 Å². The minimum absolute atomic E-state index is 0.707. The highest BCUT2D eigenvalue weighted by Crippen LogP contribution is 2.42. The van der Waals surface area contributed by atoms with Gasteiger partial charge in [-0.25, -0.2) is 9.97 Å². The lowest BCUT2D eigenvalue weighted by Gasteiger charge is -2.13. The lowest BCUT2D eigenvalue weighted by molar-refractivity contribution is 1.24. The predicted molar refractivity (Wildman–Crippen MR) is 258 cm³/mol. The van der Waals surface area contributed by atoms with Crippen LogP contribution in [0.1, 0.15) is 0 Å². The zero-order valence-corrected chi connectivity index (χ0v) is 34.1. The fraction of sp³-hybridized carbons (Fsp3) is 0. The summed E-state index contributed by atoms with van der Waals surface area (Å²) < 4.78 is 2.29. The summed E-state index contributed by atoms with van der Waals surface area (Å²) in [6.45, 7) is 0. The normalized spacial score (nSPS) is 11.3. The molecule has 11 aromatic rings. The molecule has 3 heteroatoms. The smallest absolute Gasteiger partial charge is 0.160 e. The Kier molecular flexibility index (Phi) is 9.42. The van der Waals surface area contributed by atoms with Crippen LogP contribution in [0.2, 0.25) is 0 Å². The first kappa shape index (κ1) is 36.4. The summed E-state index contributed by atoms with van der Waals surface area (Å²) in [7, 11) is 0. The third-order valence-electron chi connectivity index (χ3n) is 11.4. The van der Waals surface area contributed by atoms with Crippen LogP contribution in [-0.4, -0.2) is 9.97 Å². The van der Waals surface area contributed by atoms with Crippen LogP contribution in [0.25, 0.3) is 110 Å². The van der Waals surface area contributed by atoms with Crippen molar-refractivity contribution in [3.63, 3.8) is 0 Å². The van der Waals surface area contributed by atoms with E-state index in [1.165, 1.54) is 49.2 Å². The van der Waals surface area contributed by atoms with Crippen molar-refractivity contribution in [2.45, 2.75) is 0 Å². The van der Waals surface area contributed by atoms with E-state index in [4.69, 9.17) is 9.97 Å². The molecule has 9 aromatic carbocycles. The first-order chi connectivity index (χ1) is 30.2. The van der Waals surface area contributed by atoms with Gasteiger partial charge in [0.1, 0.15) is 0 Å². The van der Waals surface area contributed by atoms with Gasteiger partial charge in [0.25, 0.3) is 0 Å². The molecule has 0 spiro atoms. The predicted octanol–water partition coefficient (Wildman–Crippen LogP) is 16.2. The highest BCUT2D eigenvalue weighted by molar-refractivity contribution is 7.26. The molecular weight excluding hydrogens is 757 g/mol. The minimum Gasteiger partial charge on any atom is -0.226 e. The first-order valence-corrected chi connectivity index (χ1v) is 21.4. The van der Waals surface area contributed by atoms with Gasteiger partial charge in [-0.3, -0.25) is 0 Å². The van der Waals surface area contributed by atoms with Crippen molar-refractivity contribution in [3.05, 3.63) is 231 Å². The molecule has 0 aliphatic heterocycles. The molecule has 2 nitrogen and oxygen atoms in total. The maximum Gasteiger partial charge on any atom is 0.160 e. The molecule has 0 saturated heterocycles. The van der Waals surface area contributed by atoms with E-state index in [-0.39, 0.29) is 0 Å². The lowest BCUT2D eigenvalue weighted by Crippen LogP contribution is -1.94. The number of nitrogens with zero attached hydrogens (tertiary/aromatic N) is 2. The number of benzene rings is 9. The molecule has 2 heterocycles. The molecule has 0 amide bonds. The van der Waals surface area contributed by atoms with E-state index in [1.54, 1.807) is 11.3 Å². The van der Waals surface area contributed by atoms with Gasteiger partial charge >= 0.3 is 0 Å². The number of hydrogen-bond donors (Lipinski definition) is 0. The number of aromatic nitrogens is 2. The largest absolute Gasteiger partial charge is 0.226 e. The zero-order chi connectivity index (χ0) is 40.5. The van der Waals surface area contributed by atoms with Crippen LogP contribution >= 0.6 is 11.3 Å². The SMILES string of the molecule is c1ccc(-c2cc(-c3ccccc3)cc(-c3cccc(-c4nc(-c5cccc(-c6cc(-c7ccccc7)cc(-c7ccccc7)c6)c5)c5sc6ccccc6c5n4)c3)c2)cc1. The quantitative estimate of drug-likeness (QED) is 0.153. The third-order valence-corrected chi connectivity index (χ3v) is 12.6. The molecule has 61 heavy (non-hydrogen) atoms. The monoisotopic (exact) mass is 794 g/mol. The van der Waals surface area contributed by atoms with E-state index >= 15 is 0 Å². The van der Waals surface area contributed by atoms with Gasteiger partial charge < -0.3 is 0 Å². The number of hydrogen-bond acceptors (Lipinski definition) is 3. The van der Waals surface area contributed by atoms with E-state index in [0.29, 0.717) is 5.82 Å². The highest BCUT2D eigenvalue weighted by atomic mass is 32.1. The van der Waals surface area contributed by atoms with Gasteiger partial charge in [-0.15, -0.1) is 11.3 Å². The Balaban J connectivity index is 1.06. The van der Waals surface area contributed by atoms with Crippen molar-refractivity contribution in [1.29, 1.82) is 0 Å². The van der Waals surface area contributed by atoms with Crippen LogP contribution in [0.4, 0.5) is 0 Å². The van der Waals surface area contributed by atoms with Crippen LogP contribution in [0.3, 0.4) is 0 Å². The standard InChI is InChI=1S/C58H38N2S/c1-5-17-39(18-6-1)47-33-48(40-19-7-2-8-20-40)36-51(35-47)43-25-15-27-45(31-43)55-57-56(53-29-13-14-30-54(53)61-57)60-58(59-55)46-28-16-26-44(32-46)52-37-49(41-21-9-3-10-22-41)34-50(38-52)42-23-11-4-12-24-42/h1-38H. The molecule has 2 aromatic heterocycles. The molecule has 0 aliphatic rings. The molecule has 0 aliphatic carbocycles. The summed E-state index contributed by atoms with van der Waals surface area (Å²) in [5.41, 5.74) is 18.0. The average Bonchev–Trinajstić information content (AvgIpc) is 3.73. The molecule has 286 valence electrons.